The molecule has 3 N–H and O–H groups in total. The maximum absolute atomic E-state index is 12.1. The molecule has 2 aromatic heterocycles. The molecular weight excluding hydrogens is 416 g/mol. The van der Waals surface area contributed by atoms with Gasteiger partial charge in [0.2, 0.25) is 0 Å². The second-order valence-corrected chi connectivity index (χ2v) is 8.21. The van der Waals surface area contributed by atoms with Gasteiger partial charge in [-0.2, -0.15) is 0 Å². The van der Waals surface area contributed by atoms with Crippen LogP contribution < -0.4 is 11.1 Å². The highest BCUT2D eigenvalue weighted by Gasteiger charge is 2.17. The number of amides is 1. The van der Waals surface area contributed by atoms with E-state index in [1.165, 1.54) is 0 Å². The first-order valence-electron chi connectivity index (χ1n) is 10.2. The Morgan fingerprint density at radius 3 is 2.71 bits per heavy atom. The number of nitrogens with one attached hydrogen (secondary N) is 1. The highest BCUT2D eigenvalue weighted by atomic mass is 35.5. The summed E-state index contributed by atoms with van der Waals surface area (Å²) in [5.41, 5.74) is 9.45. The Balaban J connectivity index is 1.53. The fraction of sp³-hybridized carbons (Fsp3) is 0.409. The van der Waals surface area contributed by atoms with Gasteiger partial charge in [-0.15, -0.1) is 0 Å². The van der Waals surface area contributed by atoms with Gasteiger partial charge in [-0.1, -0.05) is 18.5 Å². The van der Waals surface area contributed by atoms with E-state index in [4.69, 9.17) is 22.1 Å². The van der Waals surface area contributed by atoms with Gasteiger partial charge in [0, 0.05) is 42.0 Å². The lowest BCUT2D eigenvalue weighted by molar-refractivity contribution is 0.0909. The van der Waals surface area contributed by atoms with Crippen LogP contribution in [0.3, 0.4) is 0 Å². The van der Waals surface area contributed by atoms with Crippen LogP contribution in [-0.2, 0) is 11.3 Å². The summed E-state index contributed by atoms with van der Waals surface area (Å²) < 4.78 is 7.77. The number of hydrogen-bond donors (Lipinski definition) is 2. The van der Waals surface area contributed by atoms with Crippen LogP contribution in [0.1, 0.15) is 28.8 Å². The quantitative estimate of drug-likeness (QED) is 0.466. The predicted molar refractivity (Wildman–Crippen MR) is 124 cm³/mol. The molecule has 1 aromatic carbocycles. The van der Waals surface area contributed by atoms with Crippen molar-refractivity contribution >= 4 is 34.4 Å². The summed E-state index contributed by atoms with van der Waals surface area (Å²) in [6.45, 7) is 5.03. The SMILES string of the molecule is CC(CN(C)C)c1cnc(N)c2ncn(CCOCCNC(=O)c3ccc(Cl)cc3)c12. The number of ether oxygens (including phenoxy) is 1. The topological polar surface area (TPSA) is 98.3 Å². The highest BCUT2D eigenvalue weighted by molar-refractivity contribution is 6.30. The number of benzene rings is 1. The van der Waals surface area contributed by atoms with Crippen molar-refractivity contribution in [3.8, 4) is 0 Å². The average Bonchev–Trinajstić information content (AvgIpc) is 3.15. The number of aromatic nitrogens is 3. The van der Waals surface area contributed by atoms with Gasteiger partial charge in [-0.25, -0.2) is 9.97 Å². The number of likely N-dealkylation sites (N-methyl/N-ethyl adjacent to an activating group) is 1. The largest absolute Gasteiger partial charge is 0.382 e. The van der Waals surface area contributed by atoms with Crippen molar-refractivity contribution in [2.24, 2.45) is 0 Å². The number of nitrogens with zero attached hydrogens (tertiary/aromatic N) is 4. The molecule has 1 unspecified atom stereocenters. The van der Waals surface area contributed by atoms with Crippen LogP contribution in [0.4, 0.5) is 5.82 Å². The summed E-state index contributed by atoms with van der Waals surface area (Å²) in [7, 11) is 4.10. The fourth-order valence-electron chi connectivity index (χ4n) is 3.51. The molecule has 1 amide bonds. The molecule has 9 heteroatoms. The molecule has 3 rings (SSSR count). The number of halogens is 1. The molecule has 0 aliphatic rings. The van der Waals surface area contributed by atoms with Crippen LogP contribution in [0.15, 0.2) is 36.8 Å². The Kier molecular flexibility index (Phi) is 7.84. The summed E-state index contributed by atoms with van der Waals surface area (Å²) in [4.78, 5) is 23.0. The second-order valence-electron chi connectivity index (χ2n) is 7.77. The van der Waals surface area contributed by atoms with E-state index >= 15 is 0 Å². The Morgan fingerprint density at radius 2 is 2.00 bits per heavy atom. The van der Waals surface area contributed by atoms with Gasteiger partial charge < -0.3 is 25.3 Å². The van der Waals surface area contributed by atoms with E-state index in [-0.39, 0.29) is 11.8 Å². The maximum Gasteiger partial charge on any atom is 0.251 e. The minimum atomic E-state index is -0.150. The monoisotopic (exact) mass is 444 g/mol. The number of nitrogens with two attached hydrogens (primary N) is 1. The summed E-state index contributed by atoms with van der Waals surface area (Å²) >= 11 is 5.84. The first-order valence-corrected chi connectivity index (χ1v) is 10.6. The highest BCUT2D eigenvalue weighted by Crippen LogP contribution is 2.27. The van der Waals surface area contributed by atoms with Crippen molar-refractivity contribution < 1.29 is 9.53 Å². The van der Waals surface area contributed by atoms with Crippen molar-refractivity contribution in [1.29, 1.82) is 0 Å². The lowest BCUT2D eigenvalue weighted by Gasteiger charge is -2.19. The van der Waals surface area contributed by atoms with E-state index in [1.807, 2.05) is 6.20 Å². The minimum Gasteiger partial charge on any atom is -0.382 e. The number of carbonyl (C=O) groups is 1. The number of hydrogen-bond acceptors (Lipinski definition) is 6. The van der Waals surface area contributed by atoms with Gasteiger partial charge in [0.1, 0.15) is 5.52 Å². The molecule has 2 heterocycles. The van der Waals surface area contributed by atoms with Crippen LogP contribution >= 0.6 is 11.6 Å². The normalized spacial score (nSPS) is 12.4. The van der Waals surface area contributed by atoms with E-state index in [0.29, 0.717) is 42.7 Å². The smallest absolute Gasteiger partial charge is 0.251 e. The molecule has 1 atom stereocenters. The third kappa shape index (κ3) is 5.94. The minimum absolute atomic E-state index is 0.150. The summed E-state index contributed by atoms with van der Waals surface area (Å²) in [6, 6.07) is 6.77. The van der Waals surface area contributed by atoms with Crippen molar-refractivity contribution in [2.45, 2.75) is 19.4 Å². The Hall–Kier alpha value is -2.68. The van der Waals surface area contributed by atoms with E-state index in [9.17, 15) is 4.79 Å². The standard InChI is InChI=1S/C22H29ClN6O2/c1-15(13-28(2)3)18-12-26-21(24)19-20(18)29(14-27-19)9-11-31-10-8-25-22(30)16-4-6-17(23)7-5-16/h4-7,12,14-15H,8-11,13H2,1-3H3,(H2,24,26)(H,25,30). The van der Waals surface area contributed by atoms with Gasteiger partial charge in [0.05, 0.1) is 25.1 Å². The maximum atomic E-state index is 12.1. The Bertz CT molecular complexity index is 1020. The number of pyridine rings is 1. The lowest BCUT2D eigenvalue weighted by atomic mass is 10.0. The predicted octanol–water partition coefficient (Wildman–Crippen LogP) is 2.78. The van der Waals surface area contributed by atoms with E-state index < -0.39 is 0 Å². The Morgan fingerprint density at radius 1 is 1.26 bits per heavy atom. The van der Waals surface area contributed by atoms with Crippen LogP contribution in [-0.4, -0.2) is 65.7 Å². The van der Waals surface area contributed by atoms with Gasteiger partial charge in [0.15, 0.2) is 5.82 Å². The molecule has 0 radical (unpaired) electrons. The average molecular weight is 445 g/mol. The zero-order valence-corrected chi connectivity index (χ0v) is 18.9. The van der Waals surface area contributed by atoms with Crippen LogP contribution in [0.25, 0.3) is 11.0 Å². The van der Waals surface area contributed by atoms with E-state index in [2.05, 4.69) is 45.8 Å². The molecule has 0 fully saturated rings. The van der Waals surface area contributed by atoms with Gasteiger partial charge in [-0.05, 0) is 44.3 Å². The molecule has 0 aliphatic carbocycles. The van der Waals surface area contributed by atoms with E-state index in [0.717, 1.165) is 23.1 Å². The Labute approximate surface area is 187 Å². The third-order valence-electron chi connectivity index (χ3n) is 4.98. The summed E-state index contributed by atoms with van der Waals surface area (Å²) in [5, 5.41) is 3.44. The summed E-state index contributed by atoms with van der Waals surface area (Å²) in [6.07, 6.45) is 3.62. The molecule has 0 saturated heterocycles. The first-order chi connectivity index (χ1) is 14.9. The van der Waals surface area contributed by atoms with Crippen molar-refractivity contribution in [3.63, 3.8) is 0 Å². The molecule has 31 heavy (non-hydrogen) atoms. The van der Waals surface area contributed by atoms with Crippen LogP contribution in [0.5, 0.6) is 0 Å². The number of imidazole rings is 1. The molecule has 3 aromatic rings. The van der Waals surface area contributed by atoms with Gasteiger partial charge >= 0.3 is 0 Å². The second kappa shape index (κ2) is 10.6. The van der Waals surface area contributed by atoms with Gasteiger partial charge in [-0.3, -0.25) is 4.79 Å². The van der Waals surface area contributed by atoms with Crippen molar-refractivity contribution in [2.75, 3.05) is 46.1 Å². The number of anilines is 1. The lowest BCUT2D eigenvalue weighted by Crippen LogP contribution is -2.27. The molecule has 0 bridgehead atoms. The number of rotatable bonds is 10. The molecule has 0 saturated carbocycles. The molecule has 0 spiro atoms. The molecule has 166 valence electrons. The van der Waals surface area contributed by atoms with Crippen molar-refractivity contribution in [3.05, 3.63) is 52.9 Å². The van der Waals surface area contributed by atoms with Gasteiger partial charge in [0.25, 0.3) is 5.91 Å². The van der Waals surface area contributed by atoms with Crippen molar-refractivity contribution in [1.82, 2.24) is 24.8 Å². The number of carbonyl (C=O) groups excluding carboxylic acids is 1. The third-order valence-corrected chi connectivity index (χ3v) is 5.23. The fourth-order valence-corrected chi connectivity index (χ4v) is 3.64. The van der Waals surface area contributed by atoms with Crippen LogP contribution in [0.2, 0.25) is 5.02 Å². The molecular formula is C22H29ClN6O2. The van der Waals surface area contributed by atoms with E-state index in [1.54, 1.807) is 30.6 Å². The van der Waals surface area contributed by atoms with Crippen LogP contribution in [0, 0.1) is 0 Å². The summed E-state index contributed by atoms with van der Waals surface area (Å²) in [5.74, 6) is 0.564. The first kappa shape index (κ1) is 23.0. The zero-order chi connectivity index (χ0) is 22.4. The zero-order valence-electron chi connectivity index (χ0n) is 18.1. The molecule has 0 aliphatic heterocycles. The molecule has 8 nitrogen and oxygen atoms in total. The number of fused-ring (bicyclic) bond motifs is 1. The number of nitrogen functional groups attached to an aromatic ring is 1.